The van der Waals surface area contributed by atoms with Crippen molar-refractivity contribution in [1.82, 2.24) is 0 Å². The van der Waals surface area contributed by atoms with E-state index in [2.05, 4.69) is 0 Å². The van der Waals surface area contributed by atoms with Crippen molar-refractivity contribution in [1.29, 1.82) is 0 Å². The molecule has 0 rings (SSSR count). The van der Waals surface area contributed by atoms with Gasteiger partial charge in [-0.15, -0.1) is 0 Å². The molecular formula is C20H42O4. The van der Waals surface area contributed by atoms with Gasteiger partial charge in [0.15, 0.2) is 0 Å². The van der Waals surface area contributed by atoms with Crippen LogP contribution in [0.4, 0.5) is 0 Å². The van der Waals surface area contributed by atoms with Gasteiger partial charge in [0.1, 0.15) is 23.4 Å². The van der Waals surface area contributed by atoms with Crippen LogP contribution < -0.4 is 0 Å². The fraction of sp³-hybridized carbons (Fsp3) is 1.00. The molecule has 146 valence electrons. The maximum atomic E-state index is 11.5. The van der Waals surface area contributed by atoms with Crippen molar-refractivity contribution in [2.75, 3.05) is 0 Å². The monoisotopic (exact) mass is 346 g/mol. The largest absolute Gasteiger partial charge is 0.387 e. The average Bonchev–Trinajstić information content (AvgIpc) is 2.29. The van der Waals surface area contributed by atoms with E-state index in [0.717, 1.165) is 0 Å². The highest BCUT2D eigenvalue weighted by Crippen LogP contribution is 2.52. The third-order valence-electron chi connectivity index (χ3n) is 5.73. The van der Waals surface area contributed by atoms with Crippen LogP contribution in [0.2, 0.25) is 0 Å². The molecule has 0 aliphatic rings. The summed E-state index contributed by atoms with van der Waals surface area (Å²) in [6.07, 6.45) is -3.03. The third-order valence-corrected chi connectivity index (χ3v) is 5.73. The second-order valence-electron chi connectivity index (χ2n) is 11.4. The third kappa shape index (κ3) is 3.53. The van der Waals surface area contributed by atoms with Crippen molar-refractivity contribution in [3.63, 3.8) is 0 Å². The molecule has 0 aromatic carbocycles. The quantitative estimate of drug-likeness (QED) is 0.632. The molecule has 0 aliphatic carbocycles. The molecule has 0 amide bonds. The fourth-order valence-corrected chi connectivity index (χ4v) is 4.48. The number of aliphatic hydroxyl groups excluding tert-OH is 2. The molecule has 24 heavy (non-hydrogen) atoms. The zero-order valence-corrected chi connectivity index (χ0v) is 17.9. The van der Waals surface area contributed by atoms with Crippen LogP contribution in [0, 0.1) is 21.7 Å². The molecule has 0 aromatic rings. The Kier molecular flexibility index (Phi) is 6.18. The smallest absolute Gasteiger partial charge is 0.112 e. The Morgan fingerprint density at radius 2 is 0.542 bits per heavy atom. The second kappa shape index (κ2) is 6.22. The van der Waals surface area contributed by atoms with Gasteiger partial charge in [0.05, 0.1) is 0 Å². The molecule has 0 aromatic heterocycles. The summed E-state index contributed by atoms with van der Waals surface area (Å²) in [4.78, 5) is 0. The lowest BCUT2D eigenvalue weighted by molar-refractivity contribution is -0.284. The van der Waals surface area contributed by atoms with E-state index in [9.17, 15) is 20.4 Å². The summed E-state index contributed by atoms with van der Waals surface area (Å²) >= 11 is 0. The summed E-state index contributed by atoms with van der Waals surface area (Å²) in [5.74, 6) is 0. The first-order chi connectivity index (χ1) is 10.1. The Morgan fingerprint density at radius 1 is 0.417 bits per heavy atom. The van der Waals surface area contributed by atoms with E-state index in [4.69, 9.17) is 0 Å². The molecule has 0 heterocycles. The number of aliphatic hydroxyl groups is 4. The minimum absolute atomic E-state index is 0.706. The van der Waals surface area contributed by atoms with E-state index < -0.39 is 45.1 Å². The average molecular weight is 347 g/mol. The van der Waals surface area contributed by atoms with Gasteiger partial charge in [-0.05, 0) is 21.7 Å². The summed E-state index contributed by atoms with van der Waals surface area (Å²) < 4.78 is 0. The summed E-state index contributed by atoms with van der Waals surface area (Å²) in [6, 6.07) is 0. The van der Waals surface area contributed by atoms with Crippen molar-refractivity contribution in [3.05, 3.63) is 0 Å². The first-order valence-corrected chi connectivity index (χ1v) is 8.87. The molecule has 4 nitrogen and oxygen atoms in total. The summed E-state index contributed by atoms with van der Waals surface area (Å²) in [5, 5.41) is 45.2. The van der Waals surface area contributed by atoms with Gasteiger partial charge in [0.2, 0.25) is 0 Å². The predicted molar refractivity (Wildman–Crippen MR) is 99.7 cm³/mol. The molecule has 0 saturated carbocycles. The van der Waals surface area contributed by atoms with Crippen LogP contribution in [-0.4, -0.2) is 43.8 Å². The maximum Gasteiger partial charge on any atom is 0.112 e. The van der Waals surface area contributed by atoms with Crippen LogP contribution in [0.15, 0.2) is 0 Å². The summed E-state index contributed by atoms with van der Waals surface area (Å²) in [6.45, 7) is 22.0. The van der Waals surface area contributed by atoms with Gasteiger partial charge in [-0.1, -0.05) is 83.1 Å². The minimum Gasteiger partial charge on any atom is -0.387 e. The predicted octanol–water partition coefficient (Wildman–Crippen LogP) is 3.35. The topological polar surface area (TPSA) is 80.9 Å². The van der Waals surface area contributed by atoms with Crippen molar-refractivity contribution >= 4 is 0 Å². The Labute approximate surface area is 149 Å². The Balaban J connectivity index is 6.41. The molecule has 0 aliphatic heterocycles. The van der Waals surface area contributed by atoms with Crippen LogP contribution in [0.25, 0.3) is 0 Å². The van der Waals surface area contributed by atoms with Crippen molar-refractivity contribution in [2.45, 2.75) is 106 Å². The van der Waals surface area contributed by atoms with E-state index in [1.54, 1.807) is 0 Å². The van der Waals surface area contributed by atoms with E-state index in [-0.39, 0.29) is 0 Å². The molecule has 0 saturated heterocycles. The molecule has 0 bridgehead atoms. The van der Waals surface area contributed by atoms with Crippen LogP contribution in [-0.2, 0) is 0 Å². The lowest BCUT2D eigenvalue weighted by atomic mass is 9.53. The van der Waals surface area contributed by atoms with E-state index in [1.807, 2.05) is 83.1 Å². The highest BCUT2D eigenvalue weighted by atomic mass is 16.4. The van der Waals surface area contributed by atoms with Gasteiger partial charge in [-0.2, -0.15) is 0 Å². The Hall–Kier alpha value is -0.160. The first-order valence-electron chi connectivity index (χ1n) is 8.87. The van der Waals surface area contributed by atoms with Crippen molar-refractivity contribution in [2.24, 2.45) is 21.7 Å². The van der Waals surface area contributed by atoms with Gasteiger partial charge < -0.3 is 20.4 Å². The van der Waals surface area contributed by atoms with Crippen molar-refractivity contribution < 1.29 is 20.4 Å². The Bertz CT molecular complexity index is 357. The van der Waals surface area contributed by atoms with E-state index >= 15 is 0 Å². The van der Waals surface area contributed by atoms with Gasteiger partial charge in [0, 0.05) is 0 Å². The minimum atomic E-state index is -1.61. The lowest BCUT2D eigenvalue weighted by Crippen LogP contribution is -2.72. The van der Waals surface area contributed by atoms with E-state index in [0.29, 0.717) is 0 Å². The summed E-state index contributed by atoms with van der Waals surface area (Å²) in [7, 11) is 0. The zero-order chi connectivity index (χ0) is 20.2. The normalized spacial score (nSPS) is 18.5. The maximum absolute atomic E-state index is 11.5. The summed E-state index contributed by atoms with van der Waals surface area (Å²) in [5.41, 5.74) is -6.04. The molecule has 0 fully saturated rings. The molecule has 0 spiro atoms. The molecular weight excluding hydrogens is 304 g/mol. The van der Waals surface area contributed by atoms with Gasteiger partial charge in [0.25, 0.3) is 0 Å². The molecule has 4 heteroatoms. The standard InChI is InChI=1S/C20H42O4/c1-15(2,3)19(23,16(4,5)6)13(21)14(22)20(24,17(7,8)9)18(10,11)12/h13-14,21-24H,1-12H3. The van der Waals surface area contributed by atoms with Gasteiger partial charge in [-0.3, -0.25) is 0 Å². The first kappa shape index (κ1) is 23.8. The molecule has 2 atom stereocenters. The Morgan fingerprint density at radius 3 is 0.625 bits per heavy atom. The van der Waals surface area contributed by atoms with Crippen molar-refractivity contribution in [3.8, 4) is 0 Å². The lowest BCUT2D eigenvalue weighted by Gasteiger charge is -2.59. The van der Waals surface area contributed by atoms with Gasteiger partial charge in [-0.25, -0.2) is 0 Å². The van der Waals surface area contributed by atoms with Crippen LogP contribution >= 0.6 is 0 Å². The molecule has 4 N–H and O–H groups in total. The SMILES string of the molecule is CC(C)(C)C(O)(C(O)C(O)C(O)(C(C)(C)C)C(C)(C)C)C(C)(C)C. The zero-order valence-electron chi connectivity index (χ0n) is 17.9. The van der Waals surface area contributed by atoms with Crippen LogP contribution in [0.5, 0.6) is 0 Å². The number of rotatable bonds is 3. The second-order valence-corrected chi connectivity index (χ2v) is 11.4. The molecule has 0 radical (unpaired) electrons. The fourth-order valence-electron chi connectivity index (χ4n) is 4.48. The number of hydrogen-bond donors (Lipinski definition) is 4. The van der Waals surface area contributed by atoms with Crippen LogP contribution in [0.1, 0.15) is 83.1 Å². The number of hydrogen-bond acceptors (Lipinski definition) is 4. The highest BCUT2D eigenvalue weighted by molar-refractivity contribution is 5.14. The highest BCUT2D eigenvalue weighted by Gasteiger charge is 2.63. The van der Waals surface area contributed by atoms with Crippen LogP contribution in [0.3, 0.4) is 0 Å². The van der Waals surface area contributed by atoms with E-state index in [1.165, 1.54) is 0 Å². The van der Waals surface area contributed by atoms with Gasteiger partial charge >= 0.3 is 0 Å². The molecule has 2 unspecified atom stereocenters.